The molecule has 0 spiro atoms. The highest BCUT2D eigenvalue weighted by Gasteiger charge is 2.28. The van der Waals surface area contributed by atoms with Crippen molar-refractivity contribution in [2.45, 2.75) is 32.4 Å². The van der Waals surface area contributed by atoms with Crippen LogP contribution >= 0.6 is 11.6 Å². The molecule has 1 atom stereocenters. The molecule has 30 heavy (non-hydrogen) atoms. The van der Waals surface area contributed by atoms with Crippen molar-refractivity contribution in [2.24, 2.45) is 5.92 Å². The quantitative estimate of drug-likeness (QED) is 0.621. The number of amides is 1. The van der Waals surface area contributed by atoms with Crippen molar-refractivity contribution in [1.29, 1.82) is 0 Å². The molecule has 3 aromatic rings. The third-order valence-electron chi connectivity index (χ3n) is 5.76. The number of furan rings is 1. The van der Waals surface area contributed by atoms with Gasteiger partial charge in [-0.2, -0.15) is 0 Å². The lowest BCUT2D eigenvalue weighted by molar-refractivity contribution is -0.127. The van der Waals surface area contributed by atoms with E-state index in [1.165, 1.54) is 5.56 Å². The molecule has 5 nitrogen and oxygen atoms in total. The van der Waals surface area contributed by atoms with Gasteiger partial charge in [0.1, 0.15) is 0 Å². The minimum Gasteiger partial charge on any atom is -0.472 e. The average molecular weight is 424 g/mol. The molecule has 4 rings (SSSR count). The van der Waals surface area contributed by atoms with Crippen molar-refractivity contribution >= 4 is 17.5 Å². The number of hydrogen-bond acceptors (Lipinski definition) is 4. The summed E-state index contributed by atoms with van der Waals surface area (Å²) in [4.78, 5) is 20.1. The fourth-order valence-corrected chi connectivity index (χ4v) is 4.15. The standard InChI is InChI=1S/C24H26ClN3O2/c1-17-3-2-11-26-22(17)23(19-4-6-21(25)7-5-19)27-24(29)20-8-12-28(13-9-20)15-18-10-14-30-16-18/h2-7,10-11,14,16,20,23H,8-9,12-13,15H2,1H3,(H,27,29). The molecule has 0 saturated carbocycles. The first-order valence-corrected chi connectivity index (χ1v) is 10.7. The Kier molecular flexibility index (Phi) is 6.50. The van der Waals surface area contributed by atoms with Crippen molar-refractivity contribution in [1.82, 2.24) is 15.2 Å². The van der Waals surface area contributed by atoms with Crippen molar-refractivity contribution in [3.05, 3.63) is 88.6 Å². The Morgan fingerprint density at radius 2 is 2.00 bits per heavy atom. The van der Waals surface area contributed by atoms with Crippen LogP contribution in [0.25, 0.3) is 0 Å². The molecular weight excluding hydrogens is 398 g/mol. The van der Waals surface area contributed by atoms with Gasteiger partial charge in [-0.05, 0) is 68.2 Å². The number of halogens is 1. The molecule has 0 bridgehead atoms. The fourth-order valence-electron chi connectivity index (χ4n) is 4.02. The monoisotopic (exact) mass is 423 g/mol. The van der Waals surface area contributed by atoms with Gasteiger partial charge in [0, 0.05) is 29.2 Å². The Hall–Kier alpha value is -2.63. The van der Waals surface area contributed by atoms with E-state index in [2.05, 4.69) is 15.2 Å². The van der Waals surface area contributed by atoms with Gasteiger partial charge in [0.25, 0.3) is 0 Å². The molecule has 0 radical (unpaired) electrons. The van der Waals surface area contributed by atoms with Gasteiger partial charge < -0.3 is 9.73 Å². The number of likely N-dealkylation sites (tertiary alicyclic amines) is 1. The Morgan fingerprint density at radius 1 is 1.23 bits per heavy atom. The summed E-state index contributed by atoms with van der Waals surface area (Å²) in [5.74, 6) is 0.0902. The van der Waals surface area contributed by atoms with Crippen molar-refractivity contribution in [3.63, 3.8) is 0 Å². The number of hydrogen-bond donors (Lipinski definition) is 1. The van der Waals surface area contributed by atoms with Crippen molar-refractivity contribution in [2.75, 3.05) is 13.1 Å². The van der Waals surface area contributed by atoms with Crippen LogP contribution in [0, 0.1) is 12.8 Å². The molecule has 3 heterocycles. The van der Waals surface area contributed by atoms with E-state index in [9.17, 15) is 4.79 Å². The third kappa shape index (κ3) is 4.91. The maximum Gasteiger partial charge on any atom is 0.224 e. The molecule has 1 aliphatic rings. The van der Waals surface area contributed by atoms with Gasteiger partial charge in [0.05, 0.1) is 24.3 Å². The highest BCUT2D eigenvalue weighted by molar-refractivity contribution is 6.30. The maximum atomic E-state index is 13.2. The number of nitrogens with zero attached hydrogens (tertiary/aromatic N) is 2. The lowest BCUT2D eigenvalue weighted by atomic mass is 9.93. The van der Waals surface area contributed by atoms with Gasteiger partial charge in [-0.3, -0.25) is 14.7 Å². The molecule has 1 unspecified atom stereocenters. The van der Waals surface area contributed by atoms with Crippen LogP contribution in [0.4, 0.5) is 0 Å². The van der Waals surface area contributed by atoms with Crippen LogP contribution in [-0.2, 0) is 11.3 Å². The van der Waals surface area contributed by atoms with Gasteiger partial charge in [-0.25, -0.2) is 0 Å². The van der Waals surface area contributed by atoms with Crippen LogP contribution in [0.15, 0.2) is 65.6 Å². The number of aromatic nitrogens is 1. The highest BCUT2D eigenvalue weighted by Crippen LogP contribution is 2.26. The Labute approximate surface area is 182 Å². The summed E-state index contributed by atoms with van der Waals surface area (Å²) in [6.45, 7) is 4.69. The van der Waals surface area contributed by atoms with Gasteiger partial charge in [-0.1, -0.05) is 29.8 Å². The summed E-state index contributed by atoms with van der Waals surface area (Å²) in [6.07, 6.45) is 6.94. The fraction of sp³-hybridized carbons (Fsp3) is 0.333. The first-order valence-electron chi connectivity index (χ1n) is 10.3. The number of aryl methyl sites for hydroxylation is 1. The van der Waals surface area contributed by atoms with Gasteiger partial charge in [0.15, 0.2) is 0 Å². The predicted octanol–water partition coefficient (Wildman–Crippen LogP) is 4.75. The Bertz CT molecular complexity index is 964. The highest BCUT2D eigenvalue weighted by atomic mass is 35.5. The van der Waals surface area contributed by atoms with E-state index in [0.717, 1.165) is 49.3 Å². The number of carbonyl (C=O) groups is 1. The predicted molar refractivity (Wildman–Crippen MR) is 117 cm³/mol. The van der Waals surface area contributed by atoms with Crippen LogP contribution in [0.5, 0.6) is 0 Å². The van der Waals surface area contributed by atoms with Crippen LogP contribution in [-0.4, -0.2) is 28.9 Å². The summed E-state index contributed by atoms with van der Waals surface area (Å²) in [5.41, 5.74) is 4.07. The van der Waals surface area contributed by atoms with Crippen LogP contribution in [0.2, 0.25) is 5.02 Å². The number of piperidine rings is 1. The molecule has 1 N–H and O–H groups in total. The third-order valence-corrected chi connectivity index (χ3v) is 6.01. The van der Waals surface area contributed by atoms with Crippen LogP contribution in [0.3, 0.4) is 0 Å². The minimum absolute atomic E-state index is 0.00409. The molecular formula is C24H26ClN3O2. The molecule has 1 fully saturated rings. The summed E-state index contributed by atoms with van der Waals surface area (Å²) in [5, 5.41) is 3.93. The second-order valence-corrected chi connectivity index (χ2v) is 8.32. The number of benzene rings is 1. The largest absolute Gasteiger partial charge is 0.472 e. The first kappa shape index (κ1) is 20.6. The first-order chi connectivity index (χ1) is 14.6. The number of nitrogens with one attached hydrogen (secondary N) is 1. The molecule has 1 amide bonds. The minimum atomic E-state index is -0.292. The zero-order valence-corrected chi connectivity index (χ0v) is 17.8. The number of rotatable bonds is 6. The molecule has 156 valence electrons. The zero-order valence-electron chi connectivity index (χ0n) is 17.1. The molecule has 2 aromatic heterocycles. The SMILES string of the molecule is Cc1cccnc1C(NC(=O)C1CCN(Cc2ccoc2)CC1)c1ccc(Cl)cc1. The Morgan fingerprint density at radius 3 is 2.67 bits per heavy atom. The number of carbonyl (C=O) groups excluding carboxylic acids is 1. The maximum absolute atomic E-state index is 13.2. The van der Waals surface area contributed by atoms with E-state index in [-0.39, 0.29) is 17.9 Å². The lowest BCUT2D eigenvalue weighted by Gasteiger charge is -2.32. The smallest absolute Gasteiger partial charge is 0.224 e. The Balaban J connectivity index is 1.44. The van der Waals surface area contributed by atoms with Gasteiger partial charge in [-0.15, -0.1) is 0 Å². The van der Waals surface area contributed by atoms with Crippen LogP contribution < -0.4 is 5.32 Å². The normalized spacial score (nSPS) is 16.3. The van der Waals surface area contributed by atoms with E-state index in [0.29, 0.717) is 5.02 Å². The second kappa shape index (κ2) is 9.45. The van der Waals surface area contributed by atoms with E-state index in [1.54, 1.807) is 18.7 Å². The van der Waals surface area contributed by atoms with E-state index < -0.39 is 0 Å². The number of pyridine rings is 1. The lowest BCUT2D eigenvalue weighted by Crippen LogP contribution is -2.41. The summed E-state index contributed by atoms with van der Waals surface area (Å²) in [6, 6.07) is 13.2. The van der Waals surface area contributed by atoms with Crippen molar-refractivity contribution < 1.29 is 9.21 Å². The molecule has 1 saturated heterocycles. The van der Waals surface area contributed by atoms with E-state index in [1.807, 2.05) is 49.4 Å². The van der Waals surface area contributed by atoms with Crippen molar-refractivity contribution in [3.8, 4) is 0 Å². The molecule has 1 aliphatic heterocycles. The topological polar surface area (TPSA) is 58.4 Å². The summed E-state index contributed by atoms with van der Waals surface area (Å²) < 4.78 is 5.16. The second-order valence-electron chi connectivity index (χ2n) is 7.88. The average Bonchev–Trinajstić information content (AvgIpc) is 3.27. The van der Waals surface area contributed by atoms with E-state index >= 15 is 0 Å². The molecule has 1 aromatic carbocycles. The zero-order chi connectivity index (χ0) is 20.9. The summed E-state index contributed by atoms with van der Waals surface area (Å²) >= 11 is 6.07. The van der Waals surface area contributed by atoms with Crippen LogP contribution in [0.1, 0.15) is 41.3 Å². The summed E-state index contributed by atoms with van der Waals surface area (Å²) in [7, 11) is 0. The van der Waals surface area contributed by atoms with Gasteiger partial charge in [0.2, 0.25) is 5.91 Å². The molecule has 0 aliphatic carbocycles. The molecule has 6 heteroatoms. The van der Waals surface area contributed by atoms with Gasteiger partial charge >= 0.3 is 0 Å². The van der Waals surface area contributed by atoms with E-state index in [4.69, 9.17) is 16.0 Å².